The predicted octanol–water partition coefficient (Wildman–Crippen LogP) is 0.722. The zero-order valence-electron chi connectivity index (χ0n) is 11.3. The van der Waals surface area contributed by atoms with Crippen molar-refractivity contribution in [2.75, 3.05) is 26.8 Å². The molecular formula is C12H17N3O4S. The Morgan fingerprint density at radius 1 is 1.60 bits per heavy atom. The van der Waals surface area contributed by atoms with Crippen molar-refractivity contribution in [2.24, 2.45) is 0 Å². The maximum Gasteiger partial charge on any atom is 0.307 e. The smallest absolute Gasteiger partial charge is 0.307 e. The molecule has 1 aliphatic rings. The Balaban J connectivity index is 1.98. The summed E-state index contributed by atoms with van der Waals surface area (Å²) in [5, 5.41) is 3.67. The normalized spacial score (nSPS) is 17.9. The molecule has 1 unspecified atom stereocenters. The largest absolute Gasteiger partial charge is 0.469 e. The molecule has 2 heterocycles. The highest BCUT2D eigenvalue weighted by Gasteiger charge is 2.25. The molecule has 0 bridgehead atoms. The van der Waals surface area contributed by atoms with Gasteiger partial charge in [-0.3, -0.25) is 9.59 Å². The summed E-state index contributed by atoms with van der Waals surface area (Å²) >= 11 is 1.05. The van der Waals surface area contributed by atoms with Crippen LogP contribution in [0.2, 0.25) is 0 Å². The van der Waals surface area contributed by atoms with Crippen molar-refractivity contribution in [2.45, 2.75) is 25.4 Å². The van der Waals surface area contributed by atoms with Gasteiger partial charge >= 0.3 is 5.97 Å². The van der Waals surface area contributed by atoms with Gasteiger partial charge in [-0.1, -0.05) is 4.49 Å². The van der Waals surface area contributed by atoms with E-state index < -0.39 is 0 Å². The van der Waals surface area contributed by atoms with Crippen LogP contribution in [0.3, 0.4) is 0 Å². The minimum absolute atomic E-state index is 0.0393. The second-order valence-electron chi connectivity index (χ2n) is 4.49. The zero-order valence-corrected chi connectivity index (χ0v) is 12.1. The summed E-state index contributed by atoms with van der Waals surface area (Å²) in [4.78, 5) is 25.7. The van der Waals surface area contributed by atoms with Crippen LogP contribution in [-0.2, 0) is 14.3 Å². The number of ether oxygens (including phenoxy) is 2. The Labute approximate surface area is 121 Å². The van der Waals surface area contributed by atoms with Crippen molar-refractivity contribution in [3.05, 3.63) is 11.1 Å². The van der Waals surface area contributed by atoms with E-state index in [0.29, 0.717) is 18.0 Å². The number of nitrogens with zero attached hydrogens (tertiary/aromatic N) is 3. The minimum Gasteiger partial charge on any atom is -0.469 e. The van der Waals surface area contributed by atoms with E-state index in [1.807, 2.05) is 0 Å². The van der Waals surface area contributed by atoms with Crippen LogP contribution in [0.25, 0.3) is 0 Å². The van der Waals surface area contributed by atoms with Gasteiger partial charge in [0.05, 0.1) is 25.8 Å². The highest BCUT2D eigenvalue weighted by molar-refractivity contribution is 7.07. The van der Waals surface area contributed by atoms with Crippen LogP contribution in [0.15, 0.2) is 6.20 Å². The third-order valence-electron chi connectivity index (χ3n) is 3.12. The van der Waals surface area contributed by atoms with Crippen LogP contribution >= 0.6 is 11.5 Å². The summed E-state index contributed by atoms with van der Waals surface area (Å²) in [5.41, 5.74) is 0. The zero-order chi connectivity index (χ0) is 14.4. The Morgan fingerprint density at radius 3 is 3.05 bits per heavy atom. The second kappa shape index (κ2) is 7.30. The number of carbonyl (C=O) groups is 2. The van der Waals surface area contributed by atoms with E-state index in [4.69, 9.17) is 4.74 Å². The van der Waals surface area contributed by atoms with Gasteiger partial charge in [0, 0.05) is 19.7 Å². The second-order valence-corrected chi connectivity index (χ2v) is 5.28. The fraction of sp³-hybridized carbons (Fsp3) is 0.667. The Hall–Kier alpha value is -1.54. The van der Waals surface area contributed by atoms with E-state index in [2.05, 4.69) is 14.3 Å². The molecule has 1 saturated heterocycles. The van der Waals surface area contributed by atoms with Crippen LogP contribution in [0.1, 0.15) is 28.9 Å². The molecule has 0 N–H and O–H groups in total. The monoisotopic (exact) mass is 299 g/mol. The lowest BCUT2D eigenvalue weighted by Crippen LogP contribution is -2.38. The van der Waals surface area contributed by atoms with Crippen LogP contribution in [0, 0.1) is 0 Å². The van der Waals surface area contributed by atoms with Gasteiger partial charge in [0.1, 0.15) is 4.88 Å². The van der Waals surface area contributed by atoms with Crippen molar-refractivity contribution in [1.29, 1.82) is 0 Å². The summed E-state index contributed by atoms with van der Waals surface area (Å²) in [5.74, 6) is -0.503. The van der Waals surface area contributed by atoms with Gasteiger partial charge in [0.15, 0.2) is 0 Å². The molecule has 1 atom stereocenters. The molecule has 1 amide bonds. The first kappa shape index (κ1) is 14.9. The molecule has 1 aromatic heterocycles. The molecule has 0 saturated carbocycles. The molecule has 7 nitrogen and oxygen atoms in total. The summed E-state index contributed by atoms with van der Waals surface area (Å²) in [6.45, 7) is 1.52. The number of carbonyl (C=O) groups excluding carboxylic acids is 2. The molecule has 0 radical (unpaired) electrons. The first-order valence-corrected chi connectivity index (χ1v) is 7.23. The molecule has 1 aliphatic heterocycles. The lowest BCUT2D eigenvalue weighted by molar-refractivity contribution is -0.140. The van der Waals surface area contributed by atoms with E-state index in [9.17, 15) is 9.59 Å². The van der Waals surface area contributed by atoms with Gasteiger partial charge in [0.25, 0.3) is 5.91 Å². The highest BCUT2D eigenvalue weighted by Crippen LogP contribution is 2.16. The van der Waals surface area contributed by atoms with Crippen LogP contribution in [0.4, 0.5) is 0 Å². The summed E-state index contributed by atoms with van der Waals surface area (Å²) < 4.78 is 13.8. The van der Waals surface area contributed by atoms with E-state index in [1.165, 1.54) is 13.3 Å². The average Bonchev–Trinajstić information content (AvgIpc) is 3.14. The average molecular weight is 299 g/mol. The molecule has 2 rings (SSSR count). The van der Waals surface area contributed by atoms with Crippen molar-refractivity contribution in [1.82, 2.24) is 14.5 Å². The number of hydrogen-bond donors (Lipinski definition) is 0. The number of hydrogen-bond acceptors (Lipinski definition) is 7. The van der Waals surface area contributed by atoms with Crippen LogP contribution in [0.5, 0.6) is 0 Å². The topological polar surface area (TPSA) is 81.6 Å². The Bertz CT molecular complexity index is 446. The Kier molecular flexibility index (Phi) is 5.42. The molecule has 0 aliphatic carbocycles. The van der Waals surface area contributed by atoms with Crippen molar-refractivity contribution >= 4 is 23.4 Å². The van der Waals surface area contributed by atoms with E-state index >= 15 is 0 Å². The van der Waals surface area contributed by atoms with E-state index in [1.54, 1.807) is 4.90 Å². The molecule has 8 heteroatoms. The lowest BCUT2D eigenvalue weighted by Gasteiger charge is -2.24. The maximum absolute atomic E-state index is 12.3. The third-order valence-corrected chi connectivity index (χ3v) is 3.77. The van der Waals surface area contributed by atoms with Crippen molar-refractivity contribution in [3.63, 3.8) is 0 Å². The van der Waals surface area contributed by atoms with Gasteiger partial charge in [-0.2, -0.15) is 0 Å². The predicted molar refractivity (Wildman–Crippen MR) is 71.4 cm³/mol. The van der Waals surface area contributed by atoms with Gasteiger partial charge in [-0.05, 0) is 24.4 Å². The first-order valence-electron chi connectivity index (χ1n) is 6.45. The van der Waals surface area contributed by atoms with E-state index in [0.717, 1.165) is 31.0 Å². The first-order chi connectivity index (χ1) is 9.70. The van der Waals surface area contributed by atoms with E-state index in [-0.39, 0.29) is 24.4 Å². The Morgan fingerprint density at radius 2 is 2.45 bits per heavy atom. The fourth-order valence-electron chi connectivity index (χ4n) is 2.06. The molecule has 0 spiro atoms. The number of rotatable bonds is 6. The standard InChI is InChI=1S/C12H17N3O4S/c1-18-11(16)4-5-15(8-9-3-2-6-19-9)12(17)10-7-13-14-20-10/h7,9H,2-6,8H2,1H3. The maximum atomic E-state index is 12.3. The molecular weight excluding hydrogens is 282 g/mol. The SMILES string of the molecule is COC(=O)CCN(CC1CCCO1)C(=O)c1cnns1. The fourth-order valence-corrected chi connectivity index (χ4v) is 2.54. The van der Waals surface area contributed by atoms with Gasteiger partial charge in [-0.25, -0.2) is 0 Å². The molecule has 20 heavy (non-hydrogen) atoms. The molecule has 110 valence electrons. The third kappa shape index (κ3) is 3.97. The number of esters is 1. The minimum atomic E-state index is -0.336. The quantitative estimate of drug-likeness (QED) is 0.720. The van der Waals surface area contributed by atoms with Gasteiger partial charge in [-0.15, -0.1) is 5.10 Å². The lowest BCUT2D eigenvalue weighted by atomic mass is 10.2. The number of amides is 1. The summed E-state index contributed by atoms with van der Waals surface area (Å²) in [6.07, 6.45) is 3.58. The molecule has 1 fully saturated rings. The van der Waals surface area contributed by atoms with Crippen molar-refractivity contribution in [3.8, 4) is 0 Å². The number of aromatic nitrogens is 2. The van der Waals surface area contributed by atoms with Crippen molar-refractivity contribution < 1.29 is 19.1 Å². The molecule has 0 aromatic carbocycles. The number of methoxy groups -OCH3 is 1. The van der Waals surface area contributed by atoms with Crippen LogP contribution in [-0.4, -0.2) is 59.3 Å². The summed E-state index contributed by atoms with van der Waals surface area (Å²) in [6, 6.07) is 0. The highest BCUT2D eigenvalue weighted by atomic mass is 32.1. The summed E-state index contributed by atoms with van der Waals surface area (Å²) in [7, 11) is 1.34. The molecule has 1 aromatic rings. The van der Waals surface area contributed by atoms with Gasteiger partial charge in [0.2, 0.25) is 0 Å². The van der Waals surface area contributed by atoms with Crippen LogP contribution < -0.4 is 0 Å². The van der Waals surface area contributed by atoms with Gasteiger partial charge < -0.3 is 14.4 Å².